The van der Waals surface area contributed by atoms with Crippen molar-refractivity contribution < 1.29 is 28.9 Å². The summed E-state index contributed by atoms with van der Waals surface area (Å²) in [5.41, 5.74) is 2.37. The number of carbonyl (C=O) groups excluding carboxylic acids is 1. The maximum absolute atomic E-state index is 12.7. The van der Waals surface area contributed by atoms with Gasteiger partial charge < -0.3 is 19.3 Å². The number of aryl methyl sites for hydroxylation is 1. The fourth-order valence-corrected chi connectivity index (χ4v) is 2.99. The SMILES string of the molecule is COCCN(C(=O)OCc1ccccc1)c1ccc(Oc2ccc(CCC(=O)O)cc2)nc1. The van der Waals surface area contributed by atoms with Crippen LogP contribution in [-0.4, -0.2) is 42.4 Å². The van der Waals surface area contributed by atoms with E-state index in [0.29, 0.717) is 36.9 Å². The van der Waals surface area contributed by atoms with E-state index in [4.69, 9.17) is 19.3 Å². The van der Waals surface area contributed by atoms with E-state index in [1.807, 2.05) is 42.5 Å². The van der Waals surface area contributed by atoms with Gasteiger partial charge in [-0.1, -0.05) is 42.5 Å². The molecule has 3 rings (SSSR count). The lowest BCUT2D eigenvalue weighted by atomic mass is 10.1. The lowest BCUT2D eigenvalue weighted by Crippen LogP contribution is -2.34. The van der Waals surface area contributed by atoms with Gasteiger partial charge in [0, 0.05) is 19.6 Å². The first-order chi connectivity index (χ1) is 16.0. The molecule has 3 aromatic rings. The number of nitrogens with zero attached hydrogens (tertiary/aromatic N) is 2. The monoisotopic (exact) mass is 450 g/mol. The first-order valence-corrected chi connectivity index (χ1v) is 10.5. The number of amides is 1. The van der Waals surface area contributed by atoms with Crippen LogP contribution in [0.5, 0.6) is 11.6 Å². The number of methoxy groups -OCH3 is 1. The maximum Gasteiger partial charge on any atom is 0.414 e. The Morgan fingerprint density at radius 3 is 2.36 bits per heavy atom. The highest BCUT2D eigenvalue weighted by molar-refractivity contribution is 5.87. The summed E-state index contributed by atoms with van der Waals surface area (Å²) in [5, 5.41) is 8.78. The van der Waals surface area contributed by atoms with Crippen LogP contribution in [0.4, 0.5) is 10.5 Å². The Labute approximate surface area is 192 Å². The van der Waals surface area contributed by atoms with Crippen LogP contribution in [0.1, 0.15) is 17.5 Å². The molecule has 0 aliphatic heterocycles. The van der Waals surface area contributed by atoms with E-state index >= 15 is 0 Å². The third-order valence-corrected chi connectivity index (χ3v) is 4.75. The van der Waals surface area contributed by atoms with Gasteiger partial charge in [0.1, 0.15) is 12.4 Å². The molecule has 0 spiro atoms. The molecular formula is C25H26N2O6. The second-order valence-electron chi connectivity index (χ2n) is 7.18. The topological polar surface area (TPSA) is 98.2 Å². The summed E-state index contributed by atoms with van der Waals surface area (Å²) in [6, 6.07) is 20.0. The minimum atomic E-state index is -0.830. The smallest absolute Gasteiger partial charge is 0.414 e. The van der Waals surface area contributed by atoms with Crippen LogP contribution in [0.3, 0.4) is 0 Å². The summed E-state index contributed by atoms with van der Waals surface area (Å²) in [6.07, 6.45) is 1.58. The lowest BCUT2D eigenvalue weighted by molar-refractivity contribution is -0.136. The average molecular weight is 450 g/mol. The standard InChI is InChI=1S/C25H26N2O6/c1-31-16-15-27(25(30)32-18-20-5-3-2-4-6-20)21-10-13-23(26-17-21)33-22-11-7-19(8-12-22)9-14-24(28)29/h2-8,10-13,17H,9,14-16,18H2,1H3,(H,28,29). The molecule has 0 aliphatic carbocycles. The first kappa shape index (κ1) is 23.7. The molecule has 0 fully saturated rings. The molecule has 1 aromatic heterocycles. The number of carbonyl (C=O) groups is 2. The number of carboxylic acids is 1. The number of hydrogen-bond donors (Lipinski definition) is 1. The van der Waals surface area contributed by atoms with Crippen molar-refractivity contribution in [3.8, 4) is 11.6 Å². The van der Waals surface area contributed by atoms with Crippen LogP contribution in [0, 0.1) is 0 Å². The highest BCUT2D eigenvalue weighted by Crippen LogP contribution is 2.23. The van der Waals surface area contributed by atoms with Crippen LogP contribution >= 0.6 is 0 Å². The van der Waals surface area contributed by atoms with Crippen LogP contribution in [0.2, 0.25) is 0 Å². The quantitative estimate of drug-likeness (QED) is 0.453. The van der Waals surface area contributed by atoms with E-state index in [0.717, 1.165) is 11.1 Å². The molecule has 172 valence electrons. The number of pyridine rings is 1. The zero-order chi connectivity index (χ0) is 23.5. The van der Waals surface area contributed by atoms with Gasteiger partial charge in [0.25, 0.3) is 0 Å². The fourth-order valence-electron chi connectivity index (χ4n) is 2.99. The third kappa shape index (κ3) is 7.62. The summed E-state index contributed by atoms with van der Waals surface area (Å²) >= 11 is 0. The highest BCUT2D eigenvalue weighted by Gasteiger charge is 2.18. The Morgan fingerprint density at radius 1 is 0.970 bits per heavy atom. The molecule has 2 aromatic carbocycles. The summed E-state index contributed by atoms with van der Waals surface area (Å²) in [7, 11) is 1.57. The molecule has 0 radical (unpaired) electrons. The van der Waals surface area contributed by atoms with Gasteiger partial charge in [0.15, 0.2) is 0 Å². The van der Waals surface area contributed by atoms with Gasteiger partial charge in [-0.2, -0.15) is 0 Å². The zero-order valence-electron chi connectivity index (χ0n) is 18.3. The van der Waals surface area contributed by atoms with Crippen molar-refractivity contribution in [3.63, 3.8) is 0 Å². The third-order valence-electron chi connectivity index (χ3n) is 4.75. The van der Waals surface area contributed by atoms with Crippen molar-refractivity contribution in [2.75, 3.05) is 25.2 Å². The van der Waals surface area contributed by atoms with E-state index in [2.05, 4.69) is 4.98 Å². The van der Waals surface area contributed by atoms with Crippen molar-refractivity contribution in [2.45, 2.75) is 19.4 Å². The highest BCUT2D eigenvalue weighted by atomic mass is 16.6. The largest absolute Gasteiger partial charge is 0.481 e. The van der Waals surface area contributed by atoms with Crippen molar-refractivity contribution >= 4 is 17.7 Å². The number of carboxylic acid groups (broad SMARTS) is 1. The second kappa shape index (κ2) is 12.2. The predicted molar refractivity (Wildman–Crippen MR) is 123 cm³/mol. The zero-order valence-corrected chi connectivity index (χ0v) is 18.3. The van der Waals surface area contributed by atoms with Crippen LogP contribution in [0.25, 0.3) is 0 Å². The Morgan fingerprint density at radius 2 is 1.73 bits per heavy atom. The summed E-state index contributed by atoms with van der Waals surface area (Å²) in [6.45, 7) is 0.816. The van der Waals surface area contributed by atoms with Gasteiger partial charge in [-0.15, -0.1) is 0 Å². The number of benzene rings is 2. The Kier molecular flexibility index (Phi) is 8.79. The van der Waals surface area contributed by atoms with E-state index in [1.165, 1.54) is 11.1 Å². The van der Waals surface area contributed by atoms with Gasteiger partial charge in [-0.25, -0.2) is 9.78 Å². The summed E-state index contributed by atoms with van der Waals surface area (Å²) in [4.78, 5) is 29.1. The van der Waals surface area contributed by atoms with Crippen molar-refractivity contribution in [1.29, 1.82) is 0 Å². The minimum Gasteiger partial charge on any atom is -0.481 e. The molecule has 1 amide bonds. The van der Waals surface area contributed by atoms with Gasteiger partial charge in [-0.3, -0.25) is 9.69 Å². The van der Waals surface area contributed by atoms with Crippen LogP contribution < -0.4 is 9.64 Å². The fraction of sp³-hybridized carbons (Fsp3) is 0.240. The number of anilines is 1. The van der Waals surface area contributed by atoms with Gasteiger partial charge in [-0.05, 0) is 35.7 Å². The number of aliphatic carboxylic acids is 1. The summed E-state index contributed by atoms with van der Waals surface area (Å²) in [5.74, 6) is 0.109. The molecule has 0 unspecified atom stereocenters. The second-order valence-corrected chi connectivity index (χ2v) is 7.18. The number of hydrogen-bond acceptors (Lipinski definition) is 6. The predicted octanol–water partition coefficient (Wildman–Crippen LogP) is 4.68. The maximum atomic E-state index is 12.7. The Balaban J connectivity index is 1.62. The Hall–Kier alpha value is -3.91. The molecule has 33 heavy (non-hydrogen) atoms. The normalized spacial score (nSPS) is 10.5. The average Bonchev–Trinajstić information content (AvgIpc) is 2.84. The molecular weight excluding hydrogens is 424 g/mol. The molecule has 0 atom stereocenters. The lowest BCUT2D eigenvalue weighted by Gasteiger charge is -2.21. The van der Waals surface area contributed by atoms with E-state index in [-0.39, 0.29) is 13.0 Å². The van der Waals surface area contributed by atoms with Gasteiger partial charge in [0.2, 0.25) is 5.88 Å². The molecule has 0 aliphatic rings. The van der Waals surface area contributed by atoms with Crippen molar-refractivity contribution in [3.05, 3.63) is 84.1 Å². The molecule has 1 heterocycles. The molecule has 8 heteroatoms. The van der Waals surface area contributed by atoms with Crippen LogP contribution in [-0.2, 0) is 27.3 Å². The van der Waals surface area contributed by atoms with E-state index in [1.54, 1.807) is 31.4 Å². The molecule has 1 N–H and O–H groups in total. The molecule has 8 nitrogen and oxygen atoms in total. The molecule has 0 saturated carbocycles. The van der Waals surface area contributed by atoms with Crippen molar-refractivity contribution in [1.82, 2.24) is 4.98 Å². The number of ether oxygens (including phenoxy) is 3. The van der Waals surface area contributed by atoms with Gasteiger partial charge >= 0.3 is 12.1 Å². The van der Waals surface area contributed by atoms with Crippen LogP contribution in [0.15, 0.2) is 72.9 Å². The first-order valence-electron chi connectivity index (χ1n) is 10.5. The molecule has 0 saturated heterocycles. The van der Waals surface area contributed by atoms with E-state index in [9.17, 15) is 9.59 Å². The van der Waals surface area contributed by atoms with Gasteiger partial charge in [0.05, 0.1) is 25.0 Å². The number of rotatable bonds is 11. The van der Waals surface area contributed by atoms with E-state index < -0.39 is 12.1 Å². The molecule has 0 bridgehead atoms. The van der Waals surface area contributed by atoms with Crippen molar-refractivity contribution in [2.24, 2.45) is 0 Å². The summed E-state index contributed by atoms with van der Waals surface area (Å²) < 4.78 is 16.3. The number of aromatic nitrogens is 1. The minimum absolute atomic E-state index is 0.0799. The Bertz CT molecular complexity index is 1020.